The first-order chi connectivity index (χ1) is 29.7. The van der Waals surface area contributed by atoms with Crippen molar-refractivity contribution in [3.63, 3.8) is 0 Å². The fourth-order valence-electron chi connectivity index (χ4n) is 9.88. The topological polar surface area (TPSA) is 136 Å². The van der Waals surface area contributed by atoms with Crippen molar-refractivity contribution in [1.29, 1.82) is 0 Å². The van der Waals surface area contributed by atoms with Crippen LogP contribution in [0.15, 0.2) is 96.7 Å². The minimum absolute atomic E-state index is 0.0712. The maximum absolute atomic E-state index is 15.6. The normalized spacial score (nSPS) is 24.7. The van der Waals surface area contributed by atoms with Crippen LogP contribution in [0.2, 0.25) is 15.1 Å². The lowest BCUT2D eigenvalue weighted by Gasteiger charge is -2.51. The van der Waals surface area contributed by atoms with Crippen molar-refractivity contribution in [1.82, 2.24) is 20.0 Å². The number of allylic oxidation sites excluding steroid dienone is 2. The van der Waals surface area contributed by atoms with E-state index in [0.29, 0.717) is 55.8 Å². The number of phenolic OH excluding ortho intramolecular Hbond substituents is 1. The maximum atomic E-state index is 15.6. The zero-order valence-corrected chi connectivity index (χ0v) is 34.4. The molecule has 324 valence electrons. The molecule has 3 aromatic carbocycles. The molecule has 2 aromatic heterocycles. The highest BCUT2D eigenvalue weighted by Crippen LogP contribution is 2.65. The lowest BCUT2D eigenvalue weighted by atomic mass is 9.49. The monoisotopic (exact) mass is 928 g/mol. The molecule has 0 radical (unpaired) electrons. The molecule has 1 saturated carbocycles. The SMILES string of the molecule is CN(c1nc(C(F)(F)F)ccc1Cl)N1C(=O)[C@H]2[C@H](CC=C3[C@H]2C[C@H]2C(=O)N(Nc4ncc(C(F)(F)F)cc4Cl)C(=O)[C@@]2(c2ccc(Cl)cc2)[C@H]3c2ccc(O)c3ccccc23)C1=O. The number of benzene rings is 3. The molecular weight excluding hydrogens is 901 g/mol. The average Bonchev–Trinajstić information content (AvgIpc) is 3.61. The molecule has 11 nitrogen and oxygen atoms in total. The number of phenols is 1. The van der Waals surface area contributed by atoms with E-state index < -0.39 is 98.9 Å². The second-order valence-corrected chi connectivity index (χ2v) is 16.9. The van der Waals surface area contributed by atoms with Crippen LogP contribution in [0.5, 0.6) is 5.75 Å². The van der Waals surface area contributed by atoms with E-state index in [1.54, 1.807) is 48.5 Å². The van der Waals surface area contributed by atoms with E-state index in [0.717, 1.165) is 11.1 Å². The summed E-state index contributed by atoms with van der Waals surface area (Å²) in [4.78, 5) is 67.2. The number of hydrogen-bond acceptors (Lipinski definition) is 9. The number of halogens is 9. The Labute approximate surface area is 367 Å². The highest BCUT2D eigenvalue weighted by Gasteiger charge is 2.71. The second kappa shape index (κ2) is 14.8. The molecule has 4 aliphatic rings. The number of alkyl halides is 6. The number of amides is 4. The number of hydrogen-bond donors (Lipinski definition) is 2. The van der Waals surface area contributed by atoms with Crippen LogP contribution in [0.1, 0.15) is 41.1 Å². The van der Waals surface area contributed by atoms with Gasteiger partial charge in [-0.05, 0) is 71.7 Å². The van der Waals surface area contributed by atoms with Crippen molar-refractivity contribution in [3.05, 3.63) is 134 Å². The molecule has 0 spiro atoms. The van der Waals surface area contributed by atoms with Crippen LogP contribution in [0.3, 0.4) is 0 Å². The van der Waals surface area contributed by atoms with Crippen LogP contribution in [-0.4, -0.2) is 55.8 Å². The highest BCUT2D eigenvalue weighted by molar-refractivity contribution is 6.33. The van der Waals surface area contributed by atoms with Crippen molar-refractivity contribution in [2.24, 2.45) is 23.7 Å². The third kappa shape index (κ3) is 6.48. The number of hydrazine groups is 2. The van der Waals surface area contributed by atoms with Crippen LogP contribution in [-0.2, 0) is 36.9 Å². The molecule has 2 aliphatic heterocycles. The number of imide groups is 2. The van der Waals surface area contributed by atoms with Gasteiger partial charge in [0.2, 0.25) is 0 Å². The molecule has 4 amide bonds. The molecule has 2 saturated heterocycles. The van der Waals surface area contributed by atoms with Gasteiger partial charge in [0.05, 0.1) is 38.8 Å². The molecule has 2 aliphatic carbocycles. The number of carbonyl (C=O) groups is 4. The smallest absolute Gasteiger partial charge is 0.433 e. The van der Waals surface area contributed by atoms with E-state index in [1.165, 1.54) is 25.2 Å². The number of carbonyl (C=O) groups excluding carboxylic acids is 4. The summed E-state index contributed by atoms with van der Waals surface area (Å²) in [6.45, 7) is 0. The molecular formula is C43H29Cl3F6N6O5. The molecule has 5 aromatic rings. The molecule has 9 rings (SSSR count). The number of aromatic hydroxyl groups is 1. The number of pyridine rings is 2. The lowest BCUT2D eigenvalue weighted by Crippen LogP contribution is -2.53. The summed E-state index contributed by atoms with van der Waals surface area (Å²) >= 11 is 19.0. The standard InChI is InChI=1S/C43H29Cl3F6N6O5/c1-56(36-29(45)13-15-32(54-36)43(50,51)52)58-37(60)26-11-10-25-27(33(26)39(58)62)17-28-38(61)57(55-35-30(46)16-20(18-53-35)42(47,48)49)40(63)41(28,19-6-8-21(44)9-7-19)34(25)24-12-14-31(59)23-5-3-2-4-22(23)24/h2-10,12-16,18,26-28,33-34,59H,11,17H2,1H3,(H,53,55)/t26-,27+,28-,33-,34-,41+/m0/s1. The van der Waals surface area contributed by atoms with Crippen LogP contribution < -0.4 is 10.4 Å². The summed E-state index contributed by atoms with van der Waals surface area (Å²) in [6, 6.07) is 18.2. The number of nitrogens with zero attached hydrogens (tertiary/aromatic N) is 5. The van der Waals surface area contributed by atoms with E-state index in [-0.39, 0.29) is 28.6 Å². The number of nitrogens with one attached hydrogen (secondary N) is 1. The van der Waals surface area contributed by atoms with Crippen LogP contribution in [0.4, 0.5) is 38.0 Å². The molecule has 0 bridgehead atoms. The summed E-state index contributed by atoms with van der Waals surface area (Å²) in [7, 11) is 1.18. The highest BCUT2D eigenvalue weighted by atomic mass is 35.5. The molecule has 6 atom stereocenters. The first-order valence-corrected chi connectivity index (χ1v) is 20.3. The van der Waals surface area contributed by atoms with Gasteiger partial charge in [0, 0.05) is 29.6 Å². The predicted molar refractivity (Wildman–Crippen MR) is 217 cm³/mol. The Morgan fingerprint density at radius 3 is 2.19 bits per heavy atom. The van der Waals surface area contributed by atoms with Crippen molar-refractivity contribution < 1.29 is 50.6 Å². The van der Waals surface area contributed by atoms with Crippen LogP contribution in [0.25, 0.3) is 10.8 Å². The predicted octanol–water partition coefficient (Wildman–Crippen LogP) is 9.37. The number of rotatable bonds is 6. The Morgan fingerprint density at radius 1 is 0.825 bits per heavy atom. The van der Waals surface area contributed by atoms with Crippen molar-refractivity contribution in [2.45, 2.75) is 36.5 Å². The van der Waals surface area contributed by atoms with Crippen molar-refractivity contribution in [2.75, 3.05) is 17.5 Å². The van der Waals surface area contributed by atoms with Gasteiger partial charge in [-0.1, -0.05) is 88.9 Å². The van der Waals surface area contributed by atoms with E-state index in [4.69, 9.17) is 34.8 Å². The van der Waals surface area contributed by atoms with Gasteiger partial charge in [-0.25, -0.2) is 9.97 Å². The third-order valence-electron chi connectivity index (χ3n) is 12.5. The van der Waals surface area contributed by atoms with Gasteiger partial charge in [0.15, 0.2) is 11.6 Å². The summed E-state index contributed by atoms with van der Waals surface area (Å²) < 4.78 is 82.1. The Bertz CT molecular complexity index is 2830. The maximum Gasteiger partial charge on any atom is 0.433 e. The van der Waals surface area contributed by atoms with E-state index in [9.17, 15) is 41.0 Å². The average molecular weight is 930 g/mol. The summed E-state index contributed by atoms with van der Waals surface area (Å²) in [5, 5.41) is 13.5. The Hall–Kier alpha value is -5.91. The van der Waals surface area contributed by atoms with Gasteiger partial charge >= 0.3 is 12.4 Å². The first kappa shape index (κ1) is 42.4. The van der Waals surface area contributed by atoms with Crippen LogP contribution >= 0.6 is 34.8 Å². The molecule has 63 heavy (non-hydrogen) atoms. The summed E-state index contributed by atoms with van der Waals surface area (Å²) in [6.07, 6.45) is -7.79. The number of anilines is 2. The lowest BCUT2D eigenvalue weighted by molar-refractivity contribution is -0.142. The Kier molecular flexibility index (Phi) is 9.99. The van der Waals surface area contributed by atoms with Gasteiger partial charge in [-0.3, -0.25) is 29.6 Å². The molecule has 4 heterocycles. The van der Waals surface area contributed by atoms with E-state index in [2.05, 4.69) is 15.4 Å². The van der Waals surface area contributed by atoms with Gasteiger partial charge in [-0.2, -0.15) is 36.4 Å². The minimum Gasteiger partial charge on any atom is -0.507 e. The minimum atomic E-state index is -4.89. The zero-order chi connectivity index (χ0) is 45.1. The number of fused-ring (bicyclic) bond motifs is 5. The van der Waals surface area contributed by atoms with E-state index in [1.807, 2.05) is 0 Å². The summed E-state index contributed by atoms with van der Waals surface area (Å²) in [5.74, 6) is -10.1. The van der Waals surface area contributed by atoms with Crippen molar-refractivity contribution >= 4 is 80.8 Å². The van der Waals surface area contributed by atoms with Gasteiger partial charge in [0.1, 0.15) is 11.4 Å². The van der Waals surface area contributed by atoms with Gasteiger partial charge in [-0.15, -0.1) is 0 Å². The molecule has 20 heteroatoms. The van der Waals surface area contributed by atoms with Crippen LogP contribution in [0, 0.1) is 23.7 Å². The largest absolute Gasteiger partial charge is 0.507 e. The Balaban J connectivity index is 1.23. The molecule has 3 fully saturated rings. The zero-order valence-electron chi connectivity index (χ0n) is 32.2. The second-order valence-electron chi connectivity index (χ2n) is 15.6. The quantitative estimate of drug-likeness (QED) is 0.0970. The molecule has 2 N–H and O–H groups in total. The fourth-order valence-corrected chi connectivity index (χ4v) is 10.4. The summed E-state index contributed by atoms with van der Waals surface area (Å²) in [5.41, 5.74) is -0.598. The third-order valence-corrected chi connectivity index (χ3v) is 13.3. The Morgan fingerprint density at radius 2 is 1.52 bits per heavy atom. The molecule has 0 unspecified atom stereocenters. The van der Waals surface area contributed by atoms with Crippen molar-refractivity contribution in [3.8, 4) is 5.75 Å². The van der Waals surface area contributed by atoms with Gasteiger partial charge < -0.3 is 5.11 Å². The first-order valence-electron chi connectivity index (χ1n) is 19.1. The van der Waals surface area contributed by atoms with E-state index >= 15 is 9.59 Å². The fraction of sp³-hybridized carbons (Fsp3) is 0.256. The number of aromatic nitrogens is 2. The van der Waals surface area contributed by atoms with Gasteiger partial charge in [0.25, 0.3) is 23.6 Å².